The standard InChI is InChI=1S/C14H14N4O/c1-17(2)14(19)12-6-5-10(16)8-13(12)18-7-3-4-11(18)9-15/h3-8H,16H2,1-2H3. The molecule has 0 spiro atoms. The summed E-state index contributed by atoms with van der Waals surface area (Å²) in [6.45, 7) is 0. The first-order chi connectivity index (χ1) is 9.04. The Labute approximate surface area is 111 Å². The molecule has 5 heteroatoms. The summed E-state index contributed by atoms with van der Waals surface area (Å²) in [6, 6.07) is 10.6. The van der Waals surface area contributed by atoms with Crippen molar-refractivity contribution in [2.75, 3.05) is 19.8 Å². The smallest absolute Gasteiger partial charge is 0.255 e. The summed E-state index contributed by atoms with van der Waals surface area (Å²) in [6.07, 6.45) is 1.74. The Morgan fingerprint density at radius 1 is 1.37 bits per heavy atom. The first-order valence-corrected chi connectivity index (χ1v) is 5.73. The van der Waals surface area contributed by atoms with Crippen molar-refractivity contribution in [1.29, 1.82) is 5.26 Å². The van der Waals surface area contributed by atoms with Crippen molar-refractivity contribution in [3.05, 3.63) is 47.8 Å². The van der Waals surface area contributed by atoms with Gasteiger partial charge in [0.1, 0.15) is 11.8 Å². The number of nitrogen functional groups attached to an aromatic ring is 1. The van der Waals surface area contributed by atoms with Gasteiger partial charge in [0.05, 0.1) is 11.3 Å². The predicted octanol–water partition coefficient (Wildman–Crippen LogP) is 1.63. The maximum absolute atomic E-state index is 12.2. The third-order valence-electron chi connectivity index (χ3n) is 2.78. The molecule has 0 fully saturated rings. The molecule has 2 rings (SSSR count). The molecule has 1 aromatic heterocycles. The molecule has 2 aromatic rings. The van der Waals surface area contributed by atoms with Gasteiger partial charge in [0, 0.05) is 26.0 Å². The molecule has 96 valence electrons. The molecule has 0 aliphatic rings. The molecule has 0 radical (unpaired) electrons. The molecule has 0 aliphatic carbocycles. The fourth-order valence-corrected chi connectivity index (χ4v) is 1.85. The maximum atomic E-state index is 12.2. The van der Waals surface area contributed by atoms with Crippen LogP contribution in [0.25, 0.3) is 5.69 Å². The van der Waals surface area contributed by atoms with Crippen molar-refractivity contribution < 1.29 is 4.79 Å². The molecule has 0 saturated heterocycles. The van der Waals surface area contributed by atoms with Crippen LogP contribution in [0.2, 0.25) is 0 Å². The number of amides is 1. The first-order valence-electron chi connectivity index (χ1n) is 5.73. The van der Waals surface area contributed by atoms with Crippen LogP contribution >= 0.6 is 0 Å². The molecule has 0 unspecified atom stereocenters. The third kappa shape index (κ3) is 2.29. The quantitative estimate of drug-likeness (QED) is 0.828. The van der Waals surface area contributed by atoms with Crippen LogP contribution in [-0.2, 0) is 0 Å². The lowest BCUT2D eigenvalue weighted by molar-refractivity contribution is 0.0827. The van der Waals surface area contributed by atoms with Gasteiger partial charge in [-0.05, 0) is 30.3 Å². The van der Waals surface area contributed by atoms with Crippen molar-refractivity contribution in [2.45, 2.75) is 0 Å². The lowest BCUT2D eigenvalue weighted by Gasteiger charge is -2.16. The van der Waals surface area contributed by atoms with Gasteiger partial charge in [-0.2, -0.15) is 5.26 Å². The molecule has 0 saturated carbocycles. The van der Waals surface area contributed by atoms with Gasteiger partial charge in [-0.15, -0.1) is 0 Å². The highest BCUT2D eigenvalue weighted by Gasteiger charge is 2.16. The van der Waals surface area contributed by atoms with E-state index >= 15 is 0 Å². The zero-order chi connectivity index (χ0) is 14.0. The average Bonchev–Trinajstić information content (AvgIpc) is 2.85. The van der Waals surface area contributed by atoms with Gasteiger partial charge in [0.2, 0.25) is 0 Å². The van der Waals surface area contributed by atoms with Crippen molar-refractivity contribution in [3.63, 3.8) is 0 Å². The molecular weight excluding hydrogens is 240 g/mol. The van der Waals surface area contributed by atoms with Crippen LogP contribution in [-0.4, -0.2) is 29.5 Å². The van der Waals surface area contributed by atoms with E-state index in [1.165, 1.54) is 4.90 Å². The number of aromatic nitrogens is 1. The van der Waals surface area contributed by atoms with E-state index in [-0.39, 0.29) is 5.91 Å². The van der Waals surface area contributed by atoms with E-state index in [4.69, 9.17) is 11.0 Å². The van der Waals surface area contributed by atoms with E-state index in [2.05, 4.69) is 6.07 Å². The van der Waals surface area contributed by atoms with E-state index < -0.39 is 0 Å². The van der Waals surface area contributed by atoms with Crippen LogP contribution in [0.5, 0.6) is 0 Å². The number of rotatable bonds is 2. The van der Waals surface area contributed by atoms with Gasteiger partial charge >= 0.3 is 0 Å². The summed E-state index contributed by atoms with van der Waals surface area (Å²) in [7, 11) is 3.37. The monoisotopic (exact) mass is 254 g/mol. The minimum Gasteiger partial charge on any atom is -0.399 e. The number of hydrogen-bond donors (Lipinski definition) is 1. The van der Waals surface area contributed by atoms with Crippen molar-refractivity contribution >= 4 is 11.6 Å². The average molecular weight is 254 g/mol. The zero-order valence-corrected chi connectivity index (χ0v) is 10.8. The Morgan fingerprint density at radius 2 is 2.11 bits per heavy atom. The summed E-state index contributed by atoms with van der Waals surface area (Å²) in [5, 5.41) is 9.08. The predicted molar refractivity (Wildman–Crippen MR) is 72.9 cm³/mol. The Balaban J connectivity index is 2.66. The van der Waals surface area contributed by atoms with E-state index in [9.17, 15) is 4.79 Å². The normalized spacial score (nSPS) is 9.95. The van der Waals surface area contributed by atoms with Crippen LogP contribution in [0.1, 0.15) is 16.1 Å². The molecule has 0 bridgehead atoms. The highest BCUT2D eigenvalue weighted by atomic mass is 16.2. The summed E-state index contributed by atoms with van der Waals surface area (Å²) in [5.74, 6) is -0.132. The minimum atomic E-state index is -0.132. The van der Waals surface area contributed by atoms with Gasteiger partial charge in [0.25, 0.3) is 5.91 Å². The largest absolute Gasteiger partial charge is 0.399 e. The highest BCUT2D eigenvalue weighted by molar-refractivity contribution is 5.98. The highest BCUT2D eigenvalue weighted by Crippen LogP contribution is 2.21. The summed E-state index contributed by atoms with van der Waals surface area (Å²) in [5.41, 5.74) is 7.90. The Morgan fingerprint density at radius 3 is 2.74 bits per heavy atom. The molecule has 19 heavy (non-hydrogen) atoms. The fourth-order valence-electron chi connectivity index (χ4n) is 1.85. The number of carbonyl (C=O) groups is 1. The summed E-state index contributed by atoms with van der Waals surface area (Å²) < 4.78 is 1.66. The number of nitrogens with two attached hydrogens (primary N) is 1. The number of nitrogens with zero attached hydrogens (tertiary/aromatic N) is 3. The summed E-state index contributed by atoms with van der Waals surface area (Å²) >= 11 is 0. The maximum Gasteiger partial charge on any atom is 0.255 e. The van der Waals surface area contributed by atoms with Gasteiger partial charge in [-0.25, -0.2) is 0 Å². The number of carbonyl (C=O) groups excluding carboxylic acids is 1. The van der Waals surface area contributed by atoms with Gasteiger partial charge in [-0.3, -0.25) is 4.79 Å². The topological polar surface area (TPSA) is 75.0 Å². The number of anilines is 1. The van der Waals surface area contributed by atoms with E-state index in [0.717, 1.165) is 0 Å². The minimum absolute atomic E-state index is 0.132. The zero-order valence-electron chi connectivity index (χ0n) is 10.8. The van der Waals surface area contributed by atoms with Crippen LogP contribution in [0.4, 0.5) is 5.69 Å². The number of benzene rings is 1. The number of nitriles is 1. The van der Waals surface area contributed by atoms with Crippen LogP contribution in [0.15, 0.2) is 36.5 Å². The molecule has 1 heterocycles. The molecule has 0 aliphatic heterocycles. The third-order valence-corrected chi connectivity index (χ3v) is 2.78. The van der Waals surface area contributed by atoms with Gasteiger partial charge in [0.15, 0.2) is 0 Å². The first kappa shape index (κ1) is 12.7. The molecule has 2 N–H and O–H groups in total. The second kappa shape index (κ2) is 4.86. The van der Waals surface area contributed by atoms with E-state index in [1.54, 1.807) is 55.2 Å². The lowest BCUT2D eigenvalue weighted by Crippen LogP contribution is -2.23. The Kier molecular flexibility index (Phi) is 3.25. The summed E-state index contributed by atoms with van der Waals surface area (Å²) in [4.78, 5) is 13.7. The van der Waals surface area contributed by atoms with Crippen LogP contribution in [0.3, 0.4) is 0 Å². The van der Waals surface area contributed by atoms with Crippen molar-refractivity contribution in [2.24, 2.45) is 0 Å². The van der Waals surface area contributed by atoms with Gasteiger partial charge in [-0.1, -0.05) is 0 Å². The number of hydrogen-bond acceptors (Lipinski definition) is 3. The van der Waals surface area contributed by atoms with Crippen molar-refractivity contribution in [3.8, 4) is 11.8 Å². The molecular formula is C14H14N4O. The lowest BCUT2D eigenvalue weighted by atomic mass is 10.1. The second-order valence-corrected chi connectivity index (χ2v) is 4.35. The van der Waals surface area contributed by atoms with Crippen LogP contribution < -0.4 is 5.73 Å². The fraction of sp³-hybridized carbons (Fsp3) is 0.143. The van der Waals surface area contributed by atoms with E-state index in [1.807, 2.05) is 0 Å². The molecule has 0 atom stereocenters. The Bertz CT molecular complexity index is 664. The molecule has 1 aromatic carbocycles. The Hall–Kier alpha value is -2.74. The van der Waals surface area contributed by atoms with Crippen LogP contribution in [0, 0.1) is 11.3 Å². The molecule has 1 amide bonds. The second-order valence-electron chi connectivity index (χ2n) is 4.35. The van der Waals surface area contributed by atoms with E-state index in [0.29, 0.717) is 22.6 Å². The SMILES string of the molecule is CN(C)C(=O)c1ccc(N)cc1-n1cccc1C#N. The van der Waals surface area contributed by atoms with Gasteiger partial charge < -0.3 is 15.2 Å². The molecule has 5 nitrogen and oxygen atoms in total. The van der Waals surface area contributed by atoms with Crippen molar-refractivity contribution in [1.82, 2.24) is 9.47 Å².